The van der Waals surface area contributed by atoms with Crippen LogP contribution in [-0.4, -0.2) is 41.2 Å². The summed E-state index contributed by atoms with van der Waals surface area (Å²) < 4.78 is 28.0. The maximum absolute atomic E-state index is 12.5. The molecule has 1 N–H and O–H groups in total. The Labute approximate surface area is 174 Å². The number of fused-ring (bicyclic) bond motifs is 1. The lowest BCUT2D eigenvalue weighted by molar-refractivity contribution is -0.383. The van der Waals surface area contributed by atoms with Crippen molar-refractivity contribution in [1.82, 2.24) is 8.87 Å². The molecule has 0 aliphatic heterocycles. The summed E-state index contributed by atoms with van der Waals surface area (Å²) in [6.45, 7) is 4.26. The van der Waals surface area contributed by atoms with Gasteiger partial charge in [0.05, 0.1) is 20.7 Å². The third kappa shape index (κ3) is 4.19. The second-order valence-corrected chi connectivity index (χ2v) is 8.51. The number of hydrogen-bond acceptors (Lipinski definition) is 5. The van der Waals surface area contributed by atoms with Gasteiger partial charge in [0.15, 0.2) is 0 Å². The van der Waals surface area contributed by atoms with E-state index in [0.29, 0.717) is 29.7 Å². The topological polar surface area (TPSA) is 115 Å². The van der Waals surface area contributed by atoms with Gasteiger partial charge in [-0.25, -0.2) is 8.42 Å². The zero-order valence-corrected chi connectivity index (χ0v) is 17.4. The zero-order chi connectivity index (χ0) is 21.9. The Bertz CT molecular complexity index is 1180. The van der Waals surface area contributed by atoms with Crippen molar-refractivity contribution in [3.05, 3.63) is 64.8 Å². The maximum Gasteiger partial charge on any atom is 0.278 e. The lowest BCUT2D eigenvalue weighted by atomic mass is 10.2. The van der Waals surface area contributed by atoms with Crippen molar-refractivity contribution < 1.29 is 18.1 Å². The van der Waals surface area contributed by atoms with Gasteiger partial charge >= 0.3 is 0 Å². The minimum absolute atomic E-state index is 0.0170. The van der Waals surface area contributed by atoms with E-state index in [1.807, 2.05) is 0 Å². The number of amides is 1. The summed E-state index contributed by atoms with van der Waals surface area (Å²) in [5.74, 6) is -0.335. The molecule has 1 aromatic heterocycles. The number of nitro benzene ring substituents is 1. The van der Waals surface area contributed by atoms with Crippen LogP contribution in [0.3, 0.4) is 0 Å². The molecule has 3 aromatic rings. The van der Waals surface area contributed by atoms with Gasteiger partial charge in [-0.15, -0.1) is 0 Å². The number of carbonyl (C=O) groups excluding carboxylic acids is 1. The summed E-state index contributed by atoms with van der Waals surface area (Å²) in [6.07, 6.45) is 1.62. The Kier molecular flexibility index (Phi) is 6.18. The number of hydrogen-bond donors (Lipinski definition) is 1. The Morgan fingerprint density at radius 3 is 2.37 bits per heavy atom. The highest BCUT2D eigenvalue weighted by atomic mass is 32.2. The number of benzene rings is 2. The molecule has 2 aromatic carbocycles. The van der Waals surface area contributed by atoms with Gasteiger partial charge in [-0.3, -0.25) is 14.9 Å². The number of rotatable bonds is 8. The van der Waals surface area contributed by atoms with Crippen LogP contribution >= 0.6 is 0 Å². The number of non-ortho nitro benzene ring substituents is 1. The maximum atomic E-state index is 12.5. The molecule has 0 fully saturated rings. The van der Waals surface area contributed by atoms with Gasteiger partial charge in [-0.05, 0) is 36.4 Å². The van der Waals surface area contributed by atoms with Crippen molar-refractivity contribution in [2.45, 2.75) is 25.3 Å². The van der Waals surface area contributed by atoms with Crippen LogP contribution in [0.4, 0.5) is 11.4 Å². The van der Waals surface area contributed by atoms with Crippen molar-refractivity contribution in [1.29, 1.82) is 0 Å². The average Bonchev–Trinajstić information content (AvgIpc) is 3.11. The lowest BCUT2D eigenvalue weighted by Crippen LogP contribution is -2.30. The van der Waals surface area contributed by atoms with Crippen molar-refractivity contribution in [3.8, 4) is 0 Å². The summed E-state index contributed by atoms with van der Waals surface area (Å²) >= 11 is 0. The van der Waals surface area contributed by atoms with Crippen LogP contribution < -0.4 is 5.32 Å². The van der Waals surface area contributed by atoms with Crippen LogP contribution in [0.1, 0.15) is 13.8 Å². The van der Waals surface area contributed by atoms with Gasteiger partial charge in [0.2, 0.25) is 15.9 Å². The van der Waals surface area contributed by atoms with Gasteiger partial charge in [0, 0.05) is 31.0 Å². The fourth-order valence-electron chi connectivity index (χ4n) is 3.28. The van der Waals surface area contributed by atoms with Gasteiger partial charge in [-0.2, -0.15) is 4.31 Å². The van der Waals surface area contributed by atoms with Crippen molar-refractivity contribution in [3.63, 3.8) is 0 Å². The molecular formula is C20H22N4O5S. The molecule has 30 heavy (non-hydrogen) atoms. The number of aromatic nitrogens is 1. The first-order chi connectivity index (χ1) is 14.3. The van der Waals surface area contributed by atoms with Crippen LogP contribution in [-0.2, 0) is 21.4 Å². The number of nitrogens with one attached hydrogen (secondary N) is 1. The first kappa shape index (κ1) is 21.5. The monoisotopic (exact) mass is 430 g/mol. The van der Waals surface area contributed by atoms with Crippen LogP contribution in [0.5, 0.6) is 0 Å². The van der Waals surface area contributed by atoms with Crippen LogP contribution in [0.15, 0.2) is 59.6 Å². The van der Waals surface area contributed by atoms with E-state index in [0.717, 1.165) is 0 Å². The van der Waals surface area contributed by atoms with Gasteiger partial charge in [0.25, 0.3) is 5.69 Å². The summed E-state index contributed by atoms with van der Waals surface area (Å²) in [5, 5.41) is 14.3. The molecular weight excluding hydrogens is 408 g/mol. The highest BCUT2D eigenvalue weighted by Gasteiger charge is 2.21. The quantitative estimate of drug-likeness (QED) is 0.435. The van der Waals surface area contributed by atoms with Crippen LogP contribution in [0.2, 0.25) is 0 Å². The summed E-state index contributed by atoms with van der Waals surface area (Å²) in [7, 11) is -3.56. The molecule has 10 heteroatoms. The lowest BCUT2D eigenvalue weighted by Gasteiger charge is -2.18. The zero-order valence-electron chi connectivity index (χ0n) is 16.6. The minimum atomic E-state index is -3.56. The Morgan fingerprint density at radius 1 is 1.10 bits per heavy atom. The molecule has 0 radical (unpaired) electrons. The summed E-state index contributed by atoms with van der Waals surface area (Å²) in [4.78, 5) is 23.3. The number of anilines is 1. The molecule has 9 nitrogen and oxygen atoms in total. The Hall–Kier alpha value is -3.24. The van der Waals surface area contributed by atoms with Crippen molar-refractivity contribution >= 4 is 38.2 Å². The molecule has 0 spiro atoms. The van der Waals surface area contributed by atoms with Crippen molar-refractivity contribution in [2.75, 3.05) is 18.4 Å². The Morgan fingerprint density at radius 2 is 1.77 bits per heavy atom. The third-order valence-electron chi connectivity index (χ3n) is 4.78. The molecule has 1 amide bonds. The first-order valence-corrected chi connectivity index (χ1v) is 10.8. The molecule has 0 saturated carbocycles. The highest BCUT2D eigenvalue weighted by molar-refractivity contribution is 7.89. The molecule has 0 bridgehead atoms. The minimum Gasteiger partial charge on any atom is -0.338 e. The number of nitro groups is 1. The number of sulfonamides is 1. The standard InChI is InChI=1S/C20H22N4O5S/c1-3-23(4-2)30(28,29)16-10-8-15(9-11-16)21-20(25)14-22-13-12-17-18(22)6-5-7-19(17)24(26)27/h5-13H,3-4,14H2,1-2H3,(H,21,25). The highest BCUT2D eigenvalue weighted by Crippen LogP contribution is 2.26. The fourth-order valence-corrected chi connectivity index (χ4v) is 4.74. The van der Waals surface area contributed by atoms with E-state index in [2.05, 4.69) is 5.32 Å². The van der Waals surface area contributed by atoms with Gasteiger partial charge in [0.1, 0.15) is 6.54 Å². The fraction of sp³-hybridized carbons (Fsp3) is 0.250. The molecule has 3 rings (SSSR count). The first-order valence-electron chi connectivity index (χ1n) is 9.40. The molecule has 0 unspecified atom stereocenters. The Balaban J connectivity index is 1.74. The van der Waals surface area contributed by atoms with E-state index >= 15 is 0 Å². The number of nitrogens with zero attached hydrogens (tertiary/aromatic N) is 3. The SMILES string of the molecule is CCN(CC)S(=O)(=O)c1ccc(NC(=O)Cn2ccc3c([N+](=O)[O-])cccc32)cc1. The second-order valence-electron chi connectivity index (χ2n) is 6.57. The van der Waals surface area contributed by atoms with Gasteiger partial charge < -0.3 is 9.88 Å². The van der Waals surface area contributed by atoms with Crippen molar-refractivity contribution in [2.24, 2.45) is 0 Å². The van der Waals surface area contributed by atoms with E-state index in [9.17, 15) is 23.3 Å². The van der Waals surface area contributed by atoms with E-state index in [1.165, 1.54) is 34.6 Å². The van der Waals surface area contributed by atoms with E-state index < -0.39 is 14.9 Å². The van der Waals surface area contributed by atoms with Crippen LogP contribution in [0.25, 0.3) is 10.9 Å². The number of carbonyl (C=O) groups is 1. The molecule has 0 atom stereocenters. The average molecular weight is 430 g/mol. The predicted octanol–water partition coefficient (Wildman–Crippen LogP) is 3.22. The van der Waals surface area contributed by atoms with Crippen LogP contribution in [0, 0.1) is 10.1 Å². The predicted molar refractivity (Wildman–Crippen MR) is 114 cm³/mol. The molecule has 0 saturated heterocycles. The van der Waals surface area contributed by atoms with E-state index in [-0.39, 0.29) is 23.0 Å². The normalized spacial score (nSPS) is 11.7. The second kappa shape index (κ2) is 8.64. The third-order valence-corrected chi connectivity index (χ3v) is 6.85. The van der Waals surface area contributed by atoms with E-state index in [4.69, 9.17) is 0 Å². The van der Waals surface area contributed by atoms with E-state index in [1.54, 1.807) is 42.8 Å². The summed E-state index contributed by atoms with van der Waals surface area (Å²) in [6, 6.07) is 12.3. The molecule has 1 heterocycles. The molecule has 0 aliphatic rings. The molecule has 158 valence electrons. The smallest absolute Gasteiger partial charge is 0.278 e. The molecule has 0 aliphatic carbocycles. The largest absolute Gasteiger partial charge is 0.338 e. The van der Waals surface area contributed by atoms with Gasteiger partial charge in [-0.1, -0.05) is 19.9 Å². The summed E-state index contributed by atoms with van der Waals surface area (Å²) in [5.41, 5.74) is 1.03.